The second-order valence-electron chi connectivity index (χ2n) is 4.46. The van der Waals surface area contributed by atoms with E-state index in [0.717, 1.165) is 19.5 Å². The Morgan fingerprint density at radius 3 is 2.28 bits per heavy atom. The first kappa shape index (κ1) is 12.8. The maximum absolute atomic E-state index is 5.92. The molecule has 7 heteroatoms. The molecule has 2 heterocycles. The highest BCUT2D eigenvalue weighted by molar-refractivity contribution is 5.34. The zero-order chi connectivity index (χ0) is 13.1. The fourth-order valence-corrected chi connectivity index (χ4v) is 2.05. The molecule has 0 saturated carbocycles. The lowest BCUT2D eigenvalue weighted by Gasteiger charge is -2.18. The van der Waals surface area contributed by atoms with E-state index in [4.69, 9.17) is 15.2 Å². The standard InChI is InChI=1S/C11H19N5O2/c1-7(12)8-4-5-16(6-8)9-13-10(17-2)15-11(14-9)18-3/h7-8H,4-6,12H2,1-3H3. The monoisotopic (exact) mass is 253 g/mol. The molecule has 1 aliphatic rings. The van der Waals surface area contributed by atoms with Crippen molar-refractivity contribution in [2.45, 2.75) is 19.4 Å². The van der Waals surface area contributed by atoms with Crippen LogP contribution in [-0.4, -0.2) is 48.3 Å². The fourth-order valence-electron chi connectivity index (χ4n) is 2.05. The van der Waals surface area contributed by atoms with Crippen molar-refractivity contribution in [1.82, 2.24) is 15.0 Å². The molecule has 18 heavy (non-hydrogen) atoms. The van der Waals surface area contributed by atoms with Gasteiger partial charge in [0, 0.05) is 19.1 Å². The van der Waals surface area contributed by atoms with Gasteiger partial charge >= 0.3 is 12.0 Å². The quantitative estimate of drug-likeness (QED) is 0.812. The Bertz CT molecular complexity index is 390. The molecule has 0 radical (unpaired) electrons. The van der Waals surface area contributed by atoms with Crippen molar-refractivity contribution < 1.29 is 9.47 Å². The molecule has 1 aromatic heterocycles. The Morgan fingerprint density at radius 2 is 1.83 bits per heavy atom. The highest BCUT2D eigenvalue weighted by atomic mass is 16.5. The van der Waals surface area contributed by atoms with Crippen molar-refractivity contribution in [1.29, 1.82) is 0 Å². The van der Waals surface area contributed by atoms with Gasteiger partial charge in [0.25, 0.3) is 0 Å². The van der Waals surface area contributed by atoms with Crippen LogP contribution in [0.2, 0.25) is 0 Å². The van der Waals surface area contributed by atoms with Crippen LogP contribution in [0.3, 0.4) is 0 Å². The summed E-state index contributed by atoms with van der Waals surface area (Å²) in [5.74, 6) is 1.06. The van der Waals surface area contributed by atoms with Gasteiger partial charge in [-0.1, -0.05) is 0 Å². The van der Waals surface area contributed by atoms with E-state index in [1.165, 1.54) is 14.2 Å². The number of anilines is 1. The molecule has 2 atom stereocenters. The Labute approximate surface area is 106 Å². The molecule has 2 unspecified atom stereocenters. The lowest BCUT2D eigenvalue weighted by atomic mass is 10.0. The number of hydrogen-bond donors (Lipinski definition) is 1. The SMILES string of the molecule is COc1nc(OC)nc(N2CCC(C(C)N)C2)n1. The van der Waals surface area contributed by atoms with Gasteiger partial charge in [0.05, 0.1) is 14.2 Å². The highest BCUT2D eigenvalue weighted by Gasteiger charge is 2.27. The van der Waals surface area contributed by atoms with E-state index in [9.17, 15) is 0 Å². The Hall–Kier alpha value is -1.63. The predicted molar refractivity (Wildman–Crippen MR) is 66.9 cm³/mol. The van der Waals surface area contributed by atoms with Crippen molar-refractivity contribution >= 4 is 5.95 Å². The Balaban J connectivity index is 2.18. The third-order valence-electron chi connectivity index (χ3n) is 3.20. The lowest BCUT2D eigenvalue weighted by Crippen LogP contribution is -2.30. The molecule has 1 saturated heterocycles. The van der Waals surface area contributed by atoms with Gasteiger partial charge in [-0.25, -0.2) is 0 Å². The van der Waals surface area contributed by atoms with Gasteiger partial charge in [-0.3, -0.25) is 0 Å². The first-order valence-corrected chi connectivity index (χ1v) is 5.98. The number of hydrogen-bond acceptors (Lipinski definition) is 7. The second kappa shape index (κ2) is 5.34. The van der Waals surface area contributed by atoms with E-state index in [1.54, 1.807) is 0 Å². The van der Waals surface area contributed by atoms with Crippen LogP contribution in [0.4, 0.5) is 5.95 Å². The molecule has 0 bridgehead atoms. The molecule has 7 nitrogen and oxygen atoms in total. The smallest absolute Gasteiger partial charge is 0.324 e. The summed E-state index contributed by atoms with van der Waals surface area (Å²) in [6.07, 6.45) is 1.05. The summed E-state index contributed by atoms with van der Waals surface area (Å²) in [6.45, 7) is 3.78. The molecule has 2 N–H and O–H groups in total. The molecular formula is C11H19N5O2. The van der Waals surface area contributed by atoms with E-state index < -0.39 is 0 Å². The summed E-state index contributed by atoms with van der Waals surface area (Å²) >= 11 is 0. The van der Waals surface area contributed by atoms with Crippen molar-refractivity contribution in [2.24, 2.45) is 11.7 Å². The molecule has 1 aromatic rings. The van der Waals surface area contributed by atoms with E-state index in [1.807, 2.05) is 6.92 Å². The molecule has 0 aliphatic carbocycles. The normalized spacial score (nSPS) is 20.9. The third-order valence-corrected chi connectivity index (χ3v) is 3.20. The van der Waals surface area contributed by atoms with E-state index in [0.29, 0.717) is 11.9 Å². The number of ether oxygens (including phenoxy) is 2. The molecule has 0 amide bonds. The van der Waals surface area contributed by atoms with Crippen LogP contribution in [0.25, 0.3) is 0 Å². The first-order chi connectivity index (χ1) is 8.63. The summed E-state index contributed by atoms with van der Waals surface area (Å²) in [4.78, 5) is 14.5. The minimum atomic E-state index is 0.181. The summed E-state index contributed by atoms with van der Waals surface area (Å²) in [7, 11) is 3.04. The summed E-state index contributed by atoms with van der Waals surface area (Å²) in [5, 5.41) is 0. The number of methoxy groups -OCH3 is 2. The Morgan fingerprint density at radius 1 is 1.22 bits per heavy atom. The van der Waals surface area contributed by atoms with E-state index in [2.05, 4.69) is 19.9 Å². The van der Waals surface area contributed by atoms with Crippen LogP contribution in [0.15, 0.2) is 0 Å². The van der Waals surface area contributed by atoms with E-state index >= 15 is 0 Å². The van der Waals surface area contributed by atoms with E-state index in [-0.39, 0.29) is 18.1 Å². The van der Waals surface area contributed by atoms with Crippen LogP contribution in [0, 0.1) is 5.92 Å². The highest BCUT2D eigenvalue weighted by Crippen LogP contribution is 2.24. The Kier molecular flexibility index (Phi) is 3.81. The van der Waals surface area contributed by atoms with Crippen molar-refractivity contribution in [3.05, 3.63) is 0 Å². The van der Waals surface area contributed by atoms with Crippen molar-refractivity contribution in [3.63, 3.8) is 0 Å². The van der Waals surface area contributed by atoms with Gasteiger partial charge in [0.1, 0.15) is 0 Å². The molecule has 0 aromatic carbocycles. The average molecular weight is 253 g/mol. The van der Waals surface area contributed by atoms with Gasteiger partial charge < -0.3 is 20.1 Å². The molecular weight excluding hydrogens is 234 g/mol. The maximum Gasteiger partial charge on any atom is 0.324 e. The number of aromatic nitrogens is 3. The van der Waals surface area contributed by atoms with Crippen LogP contribution >= 0.6 is 0 Å². The van der Waals surface area contributed by atoms with Gasteiger partial charge in [-0.05, 0) is 19.3 Å². The summed E-state index contributed by atoms with van der Waals surface area (Å²) < 4.78 is 10.1. The van der Waals surface area contributed by atoms with Crippen LogP contribution in [0.5, 0.6) is 12.0 Å². The van der Waals surface area contributed by atoms with Crippen LogP contribution in [-0.2, 0) is 0 Å². The molecule has 1 aliphatic heterocycles. The summed E-state index contributed by atoms with van der Waals surface area (Å²) in [6, 6.07) is 0.711. The second-order valence-corrected chi connectivity index (χ2v) is 4.46. The third kappa shape index (κ3) is 2.61. The van der Waals surface area contributed by atoms with Gasteiger partial charge in [0.15, 0.2) is 0 Å². The van der Waals surface area contributed by atoms with Gasteiger partial charge in [-0.15, -0.1) is 4.98 Å². The average Bonchev–Trinajstić information content (AvgIpc) is 2.87. The minimum absolute atomic E-state index is 0.181. The maximum atomic E-state index is 5.92. The largest absolute Gasteiger partial charge is 0.467 e. The zero-order valence-electron chi connectivity index (χ0n) is 11.0. The topological polar surface area (TPSA) is 86.4 Å². The molecule has 100 valence electrons. The summed E-state index contributed by atoms with van der Waals surface area (Å²) in [5.41, 5.74) is 5.92. The first-order valence-electron chi connectivity index (χ1n) is 5.98. The van der Waals surface area contributed by atoms with Crippen LogP contribution in [0.1, 0.15) is 13.3 Å². The number of nitrogens with two attached hydrogens (primary N) is 1. The molecule has 0 spiro atoms. The van der Waals surface area contributed by atoms with Crippen LogP contribution < -0.4 is 20.1 Å². The van der Waals surface area contributed by atoms with Crippen molar-refractivity contribution in [3.8, 4) is 12.0 Å². The van der Waals surface area contributed by atoms with Gasteiger partial charge in [0.2, 0.25) is 5.95 Å². The van der Waals surface area contributed by atoms with Crippen molar-refractivity contribution in [2.75, 3.05) is 32.2 Å². The zero-order valence-corrected chi connectivity index (χ0v) is 11.0. The molecule has 1 fully saturated rings. The number of nitrogens with zero attached hydrogens (tertiary/aromatic N) is 4. The number of rotatable bonds is 4. The minimum Gasteiger partial charge on any atom is -0.467 e. The van der Waals surface area contributed by atoms with Gasteiger partial charge in [-0.2, -0.15) is 9.97 Å². The predicted octanol–water partition coefficient (Wildman–Crippen LogP) is 0.0623. The lowest BCUT2D eigenvalue weighted by molar-refractivity contribution is 0.340. The molecule has 2 rings (SSSR count). The fraction of sp³-hybridized carbons (Fsp3) is 0.727.